The molecule has 33 heavy (non-hydrogen) atoms. The summed E-state index contributed by atoms with van der Waals surface area (Å²) >= 11 is 0. The lowest BCUT2D eigenvalue weighted by molar-refractivity contribution is -0.130. The fourth-order valence-corrected chi connectivity index (χ4v) is 7.63. The highest BCUT2D eigenvalue weighted by Crippen LogP contribution is 2.26. The lowest BCUT2D eigenvalue weighted by Gasteiger charge is -2.22. The van der Waals surface area contributed by atoms with Crippen LogP contribution in [0.1, 0.15) is 41.8 Å². The molecule has 1 amide bonds. The van der Waals surface area contributed by atoms with Crippen molar-refractivity contribution in [1.82, 2.24) is 14.4 Å². The number of sulfone groups is 1. The Morgan fingerprint density at radius 2 is 1.76 bits per heavy atom. The molecule has 0 N–H and O–H groups in total. The Bertz CT molecular complexity index is 1250. The van der Waals surface area contributed by atoms with E-state index in [1.165, 1.54) is 9.87 Å². The summed E-state index contributed by atoms with van der Waals surface area (Å²) in [5.41, 5.74) is 2.58. The van der Waals surface area contributed by atoms with E-state index in [4.69, 9.17) is 4.52 Å². The summed E-state index contributed by atoms with van der Waals surface area (Å²) in [6.07, 6.45) is 3.24. The normalized spacial score (nSPS) is 17.7. The zero-order chi connectivity index (χ0) is 23.8. The van der Waals surface area contributed by atoms with Gasteiger partial charge >= 0.3 is 0 Å². The molecule has 1 fully saturated rings. The third-order valence-electron chi connectivity index (χ3n) is 6.39. The second kappa shape index (κ2) is 9.19. The van der Waals surface area contributed by atoms with Crippen LogP contribution in [0.5, 0.6) is 0 Å². The minimum Gasteiger partial charge on any atom is -0.360 e. The van der Waals surface area contributed by atoms with Gasteiger partial charge in [0.2, 0.25) is 15.9 Å². The van der Waals surface area contributed by atoms with Crippen LogP contribution < -0.4 is 0 Å². The Balaban J connectivity index is 1.38. The highest BCUT2D eigenvalue weighted by Gasteiger charge is 2.33. The summed E-state index contributed by atoms with van der Waals surface area (Å²) < 4.78 is 58.1. The van der Waals surface area contributed by atoms with Crippen LogP contribution in [-0.2, 0) is 37.5 Å². The second-order valence-electron chi connectivity index (χ2n) is 8.64. The van der Waals surface area contributed by atoms with Crippen molar-refractivity contribution in [3.8, 4) is 0 Å². The Hall–Kier alpha value is -2.24. The van der Waals surface area contributed by atoms with E-state index in [2.05, 4.69) is 5.16 Å². The van der Waals surface area contributed by atoms with Crippen LogP contribution in [0.15, 0.2) is 32.5 Å². The van der Waals surface area contributed by atoms with Crippen molar-refractivity contribution in [2.75, 3.05) is 31.9 Å². The number of carbonyl (C=O) groups excluding carboxylic acids is 1. The third-order valence-corrected chi connectivity index (χ3v) is 10.2. The van der Waals surface area contributed by atoms with Gasteiger partial charge in [0.15, 0.2) is 15.6 Å². The third kappa shape index (κ3) is 4.85. The first-order valence-corrected chi connectivity index (χ1v) is 14.2. The molecule has 1 saturated heterocycles. The van der Waals surface area contributed by atoms with E-state index >= 15 is 0 Å². The lowest BCUT2D eigenvalue weighted by atomic mass is 10.1. The zero-order valence-electron chi connectivity index (χ0n) is 18.9. The van der Waals surface area contributed by atoms with Crippen molar-refractivity contribution in [3.63, 3.8) is 0 Å². The molecule has 0 unspecified atom stereocenters. The predicted octanol–water partition coefficient (Wildman–Crippen LogP) is 1.87. The van der Waals surface area contributed by atoms with Gasteiger partial charge in [-0.25, -0.2) is 16.8 Å². The Kier molecular flexibility index (Phi) is 6.66. The van der Waals surface area contributed by atoms with Crippen LogP contribution >= 0.6 is 0 Å². The van der Waals surface area contributed by atoms with Crippen LogP contribution in [-0.4, -0.2) is 69.0 Å². The number of fused-ring (bicyclic) bond motifs is 1. The maximum absolute atomic E-state index is 13.1. The van der Waals surface area contributed by atoms with E-state index in [9.17, 15) is 21.6 Å². The average molecular weight is 496 g/mol. The van der Waals surface area contributed by atoms with Gasteiger partial charge in [0, 0.05) is 32.6 Å². The van der Waals surface area contributed by atoms with E-state index in [0.29, 0.717) is 18.7 Å². The van der Waals surface area contributed by atoms with Crippen molar-refractivity contribution in [2.45, 2.75) is 55.7 Å². The summed E-state index contributed by atoms with van der Waals surface area (Å²) in [6, 6.07) is 5.25. The van der Waals surface area contributed by atoms with Crippen molar-refractivity contribution in [2.24, 2.45) is 0 Å². The molecule has 0 bridgehead atoms. The van der Waals surface area contributed by atoms with Crippen molar-refractivity contribution < 1.29 is 26.2 Å². The smallest absolute Gasteiger partial charge is 0.248 e. The fourth-order valence-electron chi connectivity index (χ4n) is 4.59. The van der Waals surface area contributed by atoms with E-state index < -0.39 is 19.9 Å². The molecule has 11 heteroatoms. The summed E-state index contributed by atoms with van der Waals surface area (Å²) in [4.78, 5) is 14.7. The average Bonchev–Trinajstić information content (AvgIpc) is 3.28. The number of aryl methyl sites for hydroxylation is 4. The monoisotopic (exact) mass is 495 g/mol. The summed E-state index contributed by atoms with van der Waals surface area (Å²) in [6.45, 7) is 4.13. The van der Waals surface area contributed by atoms with Crippen LogP contribution in [0.3, 0.4) is 0 Å². The van der Waals surface area contributed by atoms with E-state index in [1.54, 1.807) is 30.9 Å². The quantitative estimate of drug-likeness (QED) is 0.600. The Morgan fingerprint density at radius 1 is 1.00 bits per heavy atom. The highest BCUT2D eigenvalue weighted by molar-refractivity contribution is 7.91. The van der Waals surface area contributed by atoms with Crippen LogP contribution in [0.25, 0.3) is 0 Å². The minimum absolute atomic E-state index is 0.0720. The summed E-state index contributed by atoms with van der Waals surface area (Å²) in [7, 11) is -7.35. The molecule has 4 rings (SSSR count). The molecule has 1 aromatic heterocycles. The highest BCUT2D eigenvalue weighted by atomic mass is 32.2. The van der Waals surface area contributed by atoms with Gasteiger partial charge in [0.1, 0.15) is 10.6 Å². The predicted molar refractivity (Wildman–Crippen MR) is 121 cm³/mol. The second-order valence-corrected chi connectivity index (χ2v) is 12.6. The van der Waals surface area contributed by atoms with Gasteiger partial charge in [-0.05, 0) is 62.8 Å². The summed E-state index contributed by atoms with van der Waals surface area (Å²) in [5.74, 6) is -0.305. The number of aromatic nitrogens is 1. The molecule has 0 saturated carbocycles. The first kappa shape index (κ1) is 23.9. The minimum atomic E-state index is -3.79. The molecule has 1 aliphatic heterocycles. The van der Waals surface area contributed by atoms with Gasteiger partial charge in [-0.2, -0.15) is 4.31 Å². The number of rotatable bonds is 6. The molecule has 1 aliphatic carbocycles. The molecule has 2 aliphatic rings. The maximum atomic E-state index is 13.1. The van der Waals surface area contributed by atoms with E-state index in [1.807, 2.05) is 6.07 Å². The number of hydrogen-bond acceptors (Lipinski definition) is 7. The van der Waals surface area contributed by atoms with Gasteiger partial charge in [0.25, 0.3) is 0 Å². The molecular formula is C22H29N3O6S2. The van der Waals surface area contributed by atoms with Gasteiger partial charge in [0.05, 0.1) is 10.6 Å². The van der Waals surface area contributed by atoms with Crippen LogP contribution in [0.2, 0.25) is 0 Å². The van der Waals surface area contributed by atoms with Gasteiger partial charge in [-0.3, -0.25) is 4.79 Å². The number of nitrogens with zero attached hydrogens (tertiary/aromatic N) is 3. The molecule has 0 spiro atoms. The molecule has 0 atom stereocenters. The lowest BCUT2D eigenvalue weighted by Crippen LogP contribution is -2.38. The Labute approximate surface area is 194 Å². The first-order valence-electron chi connectivity index (χ1n) is 11.1. The number of carbonyl (C=O) groups is 1. The molecule has 1 aromatic carbocycles. The number of hydrogen-bond donors (Lipinski definition) is 0. The van der Waals surface area contributed by atoms with Crippen molar-refractivity contribution in [1.29, 1.82) is 0 Å². The van der Waals surface area contributed by atoms with E-state index in [0.717, 1.165) is 24.8 Å². The molecule has 9 nitrogen and oxygen atoms in total. The van der Waals surface area contributed by atoms with Gasteiger partial charge < -0.3 is 9.42 Å². The van der Waals surface area contributed by atoms with E-state index in [-0.39, 0.29) is 53.3 Å². The molecular weight excluding hydrogens is 466 g/mol. The number of sulfonamides is 1. The van der Waals surface area contributed by atoms with Gasteiger partial charge in [-0.1, -0.05) is 11.2 Å². The summed E-state index contributed by atoms with van der Waals surface area (Å²) in [5, 5.41) is 3.73. The Morgan fingerprint density at radius 3 is 2.48 bits per heavy atom. The molecule has 0 radical (unpaired) electrons. The molecule has 2 aromatic rings. The first-order chi connectivity index (χ1) is 15.6. The number of benzene rings is 1. The topological polar surface area (TPSA) is 118 Å². The number of amides is 1. The standard InChI is InChI=1S/C22H29N3O6S2/c1-16-22(17(2)31-23-16)33(29,30)25-11-4-10-24(12-13-25)21(26)9-14-32(27,28)20-8-7-18-5-3-6-19(18)15-20/h7-8,15H,3-6,9-14H2,1-2H3. The van der Waals surface area contributed by atoms with Crippen LogP contribution in [0.4, 0.5) is 0 Å². The fraction of sp³-hybridized carbons (Fsp3) is 0.545. The molecule has 180 valence electrons. The van der Waals surface area contributed by atoms with Crippen molar-refractivity contribution in [3.05, 3.63) is 40.8 Å². The van der Waals surface area contributed by atoms with Crippen molar-refractivity contribution >= 4 is 25.8 Å². The maximum Gasteiger partial charge on any atom is 0.248 e. The molecule has 2 heterocycles. The zero-order valence-corrected chi connectivity index (χ0v) is 20.5. The van der Waals surface area contributed by atoms with Gasteiger partial charge in [-0.15, -0.1) is 0 Å². The van der Waals surface area contributed by atoms with Crippen LogP contribution in [0, 0.1) is 13.8 Å². The largest absolute Gasteiger partial charge is 0.360 e. The SMILES string of the molecule is Cc1noc(C)c1S(=O)(=O)N1CCCN(C(=O)CCS(=O)(=O)c2ccc3c(c2)CCC3)CC1.